The van der Waals surface area contributed by atoms with Crippen molar-refractivity contribution in [1.29, 1.82) is 0 Å². The summed E-state index contributed by atoms with van der Waals surface area (Å²) in [6, 6.07) is 20.4. The average molecular weight is 272 g/mol. The second-order valence-corrected chi connectivity index (χ2v) is 6.15. The summed E-state index contributed by atoms with van der Waals surface area (Å²) in [6.07, 6.45) is 0. The van der Waals surface area contributed by atoms with Gasteiger partial charge in [0.15, 0.2) is 0 Å². The van der Waals surface area contributed by atoms with Gasteiger partial charge in [-0.3, -0.25) is 0 Å². The topological polar surface area (TPSA) is 9.23 Å². The molecule has 0 radical (unpaired) electrons. The summed E-state index contributed by atoms with van der Waals surface area (Å²) in [5.74, 6) is 0. The predicted molar refractivity (Wildman–Crippen MR) is 85.3 cm³/mol. The van der Waals surface area contributed by atoms with Crippen molar-refractivity contribution in [2.75, 3.05) is 28.2 Å². The monoisotopic (exact) mass is 272 g/mol. The number of quaternary nitrogens is 1. The fraction of sp³-hybridized carbons (Fsp3) is 0.333. The number of hydrogen-bond donors (Lipinski definition) is 0. The summed E-state index contributed by atoms with van der Waals surface area (Å²) >= 11 is 0. The summed E-state index contributed by atoms with van der Waals surface area (Å²) in [5, 5.41) is 0. The molecular weight excluding hydrogens is 246 g/mol. The van der Waals surface area contributed by atoms with Gasteiger partial charge in [-0.1, -0.05) is 60.7 Å². The van der Waals surface area contributed by atoms with Gasteiger partial charge in [-0.25, -0.2) is 0 Å². The van der Waals surface area contributed by atoms with Crippen molar-refractivity contribution in [2.45, 2.75) is 13.2 Å². The van der Waals surface area contributed by atoms with Crippen LogP contribution in [-0.2, 0) is 18.0 Å². The molecule has 0 spiro atoms. The van der Waals surface area contributed by atoms with E-state index in [1.165, 1.54) is 11.1 Å². The molecule has 108 valence electrons. The first-order chi connectivity index (χ1) is 9.45. The number of benzene rings is 2. The van der Waals surface area contributed by atoms with E-state index in [0.29, 0.717) is 13.2 Å². The zero-order chi connectivity index (χ0) is 14.8. The maximum Gasteiger partial charge on any atom is 0.0721 e. The third kappa shape index (κ3) is 9.31. The van der Waals surface area contributed by atoms with Crippen LogP contribution in [0.15, 0.2) is 60.7 Å². The zero-order valence-electron chi connectivity index (χ0n) is 13.0. The Kier molecular flexibility index (Phi) is 6.99. The molecule has 0 aliphatic carbocycles. The number of ether oxygens (including phenoxy) is 1. The Hall–Kier alpha value is -1.64. The van der Waals surface area contributed by atoms with Crippen LogP contribution in [0.25, 0.3) is 0 Å². The van der Waals surface area contributed by atoms with E-state index in [1.54, 1.807) is 0 Å². The summed E-state index contributed by atoms with van der Waals surface area (Å²) < 4.78 is 6.61. The molecule has 0 atom stereocenters. The molecule has 20 heavy (non-hydrogen) atoms. The highest BCUT2D eigenvalue weighted by Gasteiger charge is 1.93. The molecule has 0 saturated carbocycles. The molecule has 0 aliphatic rings. The predicted octanol–water partition coefficient (Wildman–Crippen LogP) is 3.73. The normalized spacial score (nSPS) is 10.6. The Labute approximate surface area is 123 Å². The molecule has 0 fully saturated rings. The first kappa shape index (κ1) is 16.4. The molecule has 0 amide bonds. The summed E-state index contributed by atoms with van der Waals surface area (Å²) in [5.41, 5.74) is 2.43. The first-order valence-corrected chi connectivity index (χ1v) is 6.89. The van der Waals surface area contributed by atoms with E-state index in [4.69, 9.17) is 4.74 Å². The molecule has 0 aromatic heterocycles. The lowest BCUT2D eigenvalue weighted by atomic mass is 10.2. The van der Waals surface area contributed by atoms with Crippen LogP contribution in [0.2, 0.25) is 0 Å². The van der Waals surface area contributed by atoms with E-state index in [9.17, 15) is 0 Å². The third-order valence-electron chi connectivity index (χ3n) is 2.22. The van der Waals surface area contributed by atoms with Crippen LogP contribution in [0.4, 0.5) is 0 Å². The standard InChI is InChI=1S/C14H14O.C4H12N/c1-3-7-13(8-4-1)11-15-12-14-9-5-2-6-10-14;1-5(2,3)4/h1-10H,11-12H2;1-4H3/q;+1. The van der Waals surface area contributed by atoms with Crippen molar-refractivity contribution in [2.24, 2.45) is 0 Å². The Morgan fingerprint density at radius 1 is 0.650 bits per heavy atom. The van der Waals surface area contributed by atoms with Gasteiger partial charge in [0.2, 0.25) is 0 Å². The first-order valence-electron chi connectivity index (χ1n) is 6.89. The minimum Gasteiger partial charge on any atom is -0.372 e. The minimum atomic E-state index is 0.676. The molecule has 0 unspecified atom stereocenters. The molecule has 0 heterocycles. The Balaban J connectivity index is 0.000000347. The molecule has 0 saturated heterocycles. The van der Waals surface area contributed by atoms with Crippen LogP contribution in [-0.4, -0.2) is 32.7 Å². The average Bonchev–Trinajstić information content (AvgIpc) is 2.39. The largest absolute Gasteiger partial charge is 0.372 e. The second-order valence-electron chi connectivity index (χ2n) is 6.15. The van der Waals surface area contributed by atoms with Crippen LogP contribution in [0.5, 0.6) is 0 Å². The summed E-state index contributed by atoms with van der Waals surface area (Å²) in [4.78, 5) is 0. The van der Waals surface area contributed by atoms with Crippen molar-refractivity contribution >= 4 is 0 Å². The third-order valence-corrected chi connectivity index (χ3v) is 2.22. The maximum atomic E-state index is 5.61. The number of nitrogens with zero attached hydrogens (tertiary/aromatic N) is 1. The molecule has 2 aromatic rings. The SMILES string of the molecule is C[N+](C)(C)C.c1ccc(COCc2ccccc2)cc1. The Morgan fingerprint density at radius 3 is 1.25 bits per heavy atom. The van der Waals surface area contributed by atoms with Gasteiger partial charge in [0.25, 0.3) is 0 Å². The van der Waals surface area contributed by atoms with E-state index >= 15 is 0 Å². The highest BCUT2D eigenvalue weighted by molar-refractivity contribution is 5.15. The van der Waals surface area contributed by atoms with Crippen molar-refractivity contribution in [1.82, 2.24) is 0 Å². The number of rotatable bonds is 4. The van der Waals surface area contributed by atoms with E-state index < -0.39 is 0 Å². The number of hydrogen-bond acceptors (Lipinski definition) is 1. The van der Waals surface area contributed by atoms with E-state index in [0.717, 1.165) is 4.48 Å². The van der Waals surface area contributed by atoms with Gasteiger partial charge in [-0.15, -0.1) is 0 Å². The fourth-order valence-electron chi connectivity index (χ4n) is 1.44. The van der Waals surface area contributed by atoms with Crippen LogP contribution in [0.3, 0.4) is 0 Å². The Bertz CT molecular complexity index is 414. The van der Waals surface area contributed by atoms with Gasteiger partial charge in [0.05, 0.1) is 41.4 Å². The highest BCUT2D eigenvalue weighted by atomic mass is 16.5. The lowest BCUT2D eigenvalue weighted by Gasteiger charge is -2.14. The van der Waals surface area contributed by atoms with E-state index in [1.807, 2.05) is 36.4 Å². The summed E-state index contributed by atoms with van der Waals surface area (Å²) in [7, 11) is 8.50. The molecule has 2 nitrogen and oxygen atoms in total. The van der Waals surface area contributed by atoms with E-state index in [2.05, 4.69) is 52.5 Å². The minimum absolute atomic E-state index is 0.676. The van der Waals surface area contributed by atoms with Crippen molar-refractivity contribution < 1.29 is 9.22 Å². The molecular formula is C18H26NO+. The molecule has 0 N–H and O–H groups in total. The lowest BCUT2D eigenvalue weighted by Crippen LogP contribution is -2.27. The Morgan fingerprint density at radius 2 is 0.950 bits per heavy atom. The van der Waals surface area contributed by atoms with Crippen molar-refractivity contribution in [3.63, 3.8) is 0 Å². The maximum absolute atomic E-state index is 5.61. The van der Waals surface area contributed by atoms with Gasteiger partial charge < -0.3 is 9.22 Å². The molecule has 2 rings (SSSR count). The second kappa shape index (κ2) is 8.51. The highest BCUT2D eigenvalue weighted by Crippen LogP contribution is 2.05. The zero-order valence-corrected chi connectivity index (χ0v) is 13.0. The van der Waals surface area contributed by atoms with Crippen molar-refractivity contribution in [3.8, 4) is 0 Å². The molecule has 0 bridgehead atoms. The molecule has 2 heteroatoms. The quantitative estimate of drug-likeness (QED) is 0.771. The molecule has 2 aromatic carbocycles. The van der Waals surface area contributed by atoms with Gasteiger partial charge in [-0.05, 0) is 11.1 Å². The smallest absolute Gasteiger partial charge is 0.0721 e. The molecule has 0 aliphatic heterocycles. The van der Waals surface area contributed by atoms with Crippen molar-refractivity contribution in [3.05, 3.63) is 71.8 Å². The van der Waals surface area contributed by atoms with Crippen LogP contribution >= 0.6 is 0 Å². The van der Waals surface area contributed by atoms with Gasteiger partial charge in [0.1, 0.15) is 0 Å². The summed E-state index contributed by atoms with van der Waals surface area (Å²) in [6.45, 7) is 1.35. The van der Waals surface area contributed by atoms with Crippen LogP contribution in [0.1, 0.15) is 11.1 Å². The van der Waals surface area contributed by atoms with Gasteiger partial charge in [-0.2, -0.15) is 0 Å². The van der Waals surface area contributed by atoms with Gasteiger partial charge >= 0.3 is 0 Å². The van der Waals surface area contributed by atoms with Crippen LogP contribution in [0, 0.1) is 0 Å². The van der Waals surface area contributed by atoms with Crippen LogP contribution < -0.4 is 0 Å². The lowest BCUT2D eigenvalue weighted by molar-refractivity contribution is -0.849. The van der Waals surface area contributed by atoms with E-state index in [-0.39, 0.29) is 0 Å². The fourth-order valence-corrected chi connectivity index (χ4v) is 1.44. The van der Waals surface area contributed by atoms with Gasteiger partial charge in [0, 0.05) is 0 Å².